The Morgan fingerprint density at radius 1 is 0.941 bits per heavy atom. The van der Waals surface area contributed by atoms with E-state index in [1.54, 1.807) is 19.1 Å². The summed E-state index contributed by atoms with van der Waals surface area (Å²) in [6.07, 6.45) is -3.31. The number of sulfonamides is 1. The Labute approximate surface area is 197 Å². The number of rotatable bonds is 9. The van der Waals surface area contributed by atoms with Gasteiger partial charge in [0.25, 0.3) is 10.0 Å². The number of benzene rings is 3. The van der Waals surface area contributed by atoms with E-state index in [4.69, 9.17) is 0 Å². The molecule has 0 aromatic heterocycles. The molecule has 180 valence electrons. The van der Waals surface area contributed by atoms with Gasteiger partial charge in [0.15, 0.2) is 0 Å². The molecular weight excluding hydrogens is 465 g/mol. The highest BCUT2D eigenvalue weighted by Crippen LogP contribution is 2.33. The minimum absolute atomic E-state index is 0.118. The predicted octanol–water partition coefficient (Wildman–Crippen LogP) is 4.96. The lowest BCUT2D eigenvalue weighted by molar-refractivity contribution is -0.137. The molecule has 1 amide bonds. The summed E-state index contributed by atoms with van der Waals surface area (Å²) in [7, 11) is -4.30. The molecule has 0 radical (unpaired) electrons. The van der Waals surface area contributed by atoms with Crippen LogP contribution in [-0.2, 0) is 27.4 Å². The van der Waals surface area contributed by atoms with Gasteiger partial charge < -0.3 is 5.32 Å². The van der Waals surface area contributed by atoms with Crippen molar-refractivity contribution in [3.05, 3.63) is 95.6 Å². The lowest BCUT2D eigenvalue weighted by atomic mass is 10.1. The Balaban J connectivity index is 1.80. The summed E-state index contributed by atoms with van der Waals surface area (Å²) in [6, 6.07) is 19.5. The second-order valence-electron chi connectivity index (χ2n) is 7.81. The van der Waals surface area contributed by atoms with Crippen LogP contribution in [0, 0.1) is 6.92 Å². The van der Waals surface area contributed by atoms with E-state index in [-0.39, 0.29) is 10.6 Å². The molecule has 0 saturated carbocycles. The topological polar surface area (TPSA) is 66.5 Å². The van der Waals surface area contributed by atoms with Crippen LogP contribution in [0.4, 0.5) is 18.9 Å². The standard InChI is InChI=1S/C25H25F3N2O3S/c1-19-12-14-23(15-13-19)34(32,33)30(22-11-5-10-21(17-22)25(26,27)28)18-24(31)29-16-6-9-20-7-3-2-4-8-20/h2-5,7-8,10-15,17H,6,9,16,18H2,1H3,(H,29,31). The molecule has 0 unspecified atom stereocenters. The Hall–Kier alpha value is -3.33. The van der Waals surface area contributed by atoms with Gasteiger partial charge in [-0.3, -0.25) is 9.10 Å². The number of halogens is 3. The highest BCUT2D eigenvalue weighted by Gasteiger charge is 2.33. The molecule has 0 atom stereocenters. The Morgan fingerprint density at radius 2 is 1.62 bits per heavy atom. The fraction of sp³-hybridized carbons (Fsp3) is 0.240. The summed E-state index contributed by atoms with van der Waals surface area (Å²) < 4.78 is 67.1. The van der Waals surface area contributed by atoms with Crippen LogP contribution < -0.4 is 9.62 Å². The number of alkyl halides is 3. The predicted molar refractivity (Wildman–Crippen MR) is 125 cm³/mol. The number of anilines is 1. The number of nitrogens with one attached hydrogen (secondary N) is 1. The molecule has 0 aliphatic carbocycles. The second kappa shape index (κ2) is 10.7. The smallest absolute Gasteiger partial charge is 0.355 e. The molecule has 0 saturated heterocycles. The first kappa shape index (κ1) is 25.3. The number of hydrogen-bond donors (Lipinski definition) is 1. The first-order chi connectivity index (χ1) is 16.1. The van der Waals surface area contributed by atoms with Crippen molar-refractivity contribution in [3.63, 3.8) is 0 Å². The fourth-order valence-electron chi connectivity index (χ4n) is 3.34. The first-order valence-corrected chi connectivity index (χ1v) is 12.1. The molecule has 5 nitrogen and oxygen atoms in total. The molecule has 3 aromatic carbocycles. The Kier molecular flexibility index (Phi) is 7.98. The minimum atomic E-state index is -4.66. The molecule has 3 rings (SSSR count). The van der Waals surface area contributed by atoms with Crippen molar-refractivity contribution in [1.82, 2.24) is 5.32 Å². The Morgan fingerprint density at radius 3 is 2.26 bits per heavy atom. The van der Waals surface area contributed by atoms with Gasteiger partial charge in [-0.25, -0.2) is 8.42 Å². The van der Waals surface area contributed by atoms with E-state index in [0.717, 1.165) is 35.7 Å². The molecule has 3 aromatic rings. The van der Waals surface area contributed by atoms with E-state index in [1.807, 2.05) is 30.3 Å². The highest BCUT2D eigenvalue weighted by molar-refractivity contribution is 7.92. The molecule has 0 aliphatic rings. The molecule has 0 bridgehead atoms. The van der Waals surface area contributed by atoms with E-state index < -0.39 is 34.2 Å². The molecule has 0 spiro atoms. The van der Waals surface area contributed by atoms with Gasteiger partial charge >= 0.3 is 6.18 Å². The third-order valence-corrected chi connectivity index (χ3v) is 6.95. The van der Waals surface area contributed by atoms with Gasteiger partial charge in [-0.1, -0.05) is 54.1 Å². The van der Waals surface area contributed by atoms with Gasteiger partial charge in [0, 0.05) is 6.54 Å². The maximum Gasteiger partial charge on any atom is 0.416 e. The zero-order valence-electron chi connectivity index (χ0n) is 18.5. The van der Waals surface area contributed by atoms with Crippen LogP contribution in [0.25, 0.3) is 0 Å². The van der Waals surface area contributed by atoms with E-state index in [2.05, 4.69) is 5.32 Å². The van der Waals surface area contributed by atoms with Gasteiger partial charge in [0.05, 0.1) is 16.1 Å². The van der Waals surface area contributed by atoms with Crippen LogP contribution in [0.1, 0.15) is 23.1 Å². The molecule has 1 N–H and O–H groups in total. The van der Waals surface area contributed by atoms with Crippen LogP contribution in [0.3, 0.4) is 0 Å². The third kappa shape index (κ3) is 6.60. The largest absolute Gasteiger partial charge is 0.416 e. The third-order valence-electron chi connectivity index (χ3n) is 5.16. The van der Waals surface area contributed by atoms with Crippen LogP contribution in [0.2, 0.25) is 0 Å². The molecule has 34 heavy (non-hydrogen) atoms. The van der Waals surface area contributed by atoms with Crippen molar-refractivity contribution in [2.75, 3.05) is 17.4 Å². The molecule has 9 heteroatoms. The van der Waals surface area contributed by atoms with Crippen LogP contribution in [0.15, 0.2) is 83.8 Å². The molecular formula is C25H25F3N2O3S. The van der Waals surface area contributed by atoms with Gasteiger partial charge in [-0.05, 0) is 55.7 Å². The highest BCUT2D eigenvalue weighted by atomic mass is 32.2. The molecule has 0 aliphatic heterocycles. The maximum atomic E-state index is 13.3. The lowest BCUT2D eigenvalue weighted by Crippen LogP contribution is -2.41. The second-order valence-corrected chi connectivity index (χ2v) is 9.67. The quantitative estimate of drug-likeness (QED) is 0.431. The number of aryl methyl sites for hydroxylation is 2. The first-order valence-electron chi connectivity index (χ1n) is 10.6. The number of amides is 1. The normalized spacial score (nSPS) is 11.8. The van der Waals surface area contributed by atoms with Crippen molar-refractivity contribution < 1.29 is 26.4 Å². The van der Waals surface area contributed by atoms with Crippen molar-refractivity contribution in [2.24, 2.45) is 0 Å². The summed E-state index contributed by atoms with van der Waals surface area (Å²) in [5.74, 6) is -0.610. The van der Waals surface area contributed by atoms with Crippen LogP contribution in [-0.4, -0.2) is 27.4 Å². The lowest BCUT2D eigenvalue weighted by Gasteiger charge is -2.25. The molecule has 0 fully saturated rings. The number of hydrogen-bond acceptors (Lipinski definition) is 3. The fourth-order valence-corrected chi connectivity index (χ4v) is 4.75. The van der Waals surface area contributed by atoms with Crippen molar-refractivity contribution in [2.45, 2.75) is 30.8 Å². The van der Waals surface area contributed by atoms with Gasteiger partial charge in [-0.15, -0.1) is 0 Å². The maximum absolute atomic E-state index is 13.3. The zero-order chi connectivity index (χ0) is 24.8. The van der Waals surface area contributed by atoms with Crippen molar-refractivity contribution in [1.29, 1.82) is 0 Å². The SMILES string of the molecule is Cc1ccc(S(=O)(=O)N(CC(=O)NCCCc2ccccc2)c2cccc(C(F)(F)F)c2)cc1. The van der Waals surface area contributed by atoms with E-state index in [9.17, 15) is 26.4 Å². The summed E-state index contributed by atoms with van der Waals surface area (Å²) in [4.78, 5) is 12.5. The van der Waals surface area contributed by atoms with Crippen LogP contribution in [0.5, 0.6) is 0 Å². The van der Waals surface area contributed by atoms with Crippen molar-refractivity contribution in [3.8, 4) is 0 Å². The number of carbonyl (C=O) groups excluding carboxylic acids is 1. The average Bonchev–Trinajstić information content (AvgIpc) is 2.81. The molecule has 0 heterocycles. The van der Waals surface area contributed by atoms with Crippen LogP contribution >= 0.6 is 0 Å². The zero-order valence-corrected chi connectivity index (χ0v) is 19.4. The Bertz CT molecular complexity index is 1210. The summed E-state index contributed by atoms with van der Waals surface area (Å²) in [6.45, 7) is 1.43. The summed E-state index contributed by atoms with van der Waals surface area (Å²) in [5, 5.41) is 2.66. The van der Waals surface area contributed by atoms with E-state index >= 15 is 0 Å². The van der Waals surface area contributed by atoms with Gasteiger partial charge in [0.1, 0.15) is 6.54 Å². The van der Waals surface area contributed by atoms with Crippen molar-refractivity contribution >= 4 is 21.6 Å². The number of carbonyl (C=O) groups is 1. The minimum Gasteiger partial charge on any atom is -0.355 e. The van der Waals surface area contributed by atoms with Gasteiger partial charge in [0.2, 0.25) is 5.91 Å². The van der Waals surface area contributed by atoms with Gasteiger partial charge in [-0.2, -0.15) is 13.2 Å². The summed E-state index contributed by atoms with van der Waals surface area (Å²) >= 11 is 0. The van der Waals surface area contributed by atoms with E-state index in [0.29, 0.717) is 17.3 Å². The monoisotopic (exact) mass is 490 g/mol. The van der Waals surface area contributed by atoms with E-state index in [1.165, 1.54) is 18.2 Å². The number of nitrogens with zero attached hydrogens (tertiary/aromatic N) is 1. The summed E-state index contributed by atoms with van der Waals surface area (Å²) in [5.41, 5.74) is 0.678. The average molecular weight is 491 g/mol.